The summed E-state index contributed by atoms with van der Waals surface area (Å²) in [6.07, 6.45) is 0. The van der Waals surface area contributed by atoms with Gasteiger partial charge in [-0.3, -0.25) is 9.59 Å². The molecule has 0 spiro atoms. The Balaban J connectivity index is 1.45. The van der Waals surface area contributed by atoms with Gasteiger partial charge in [0.05, 0.1) is 18.5 Å². The molecule has 0 unspecified atom stereocenters. The molecule has 0 saturated carbocycles. The summed E-state index contributed by atoms with van der Waals surface area (Å²) in [7, 11) is 1.61. The number of rotatable bonds is 5. The maximum Gasteiger partial charge on any atom is 0.255 e. The van der Waals surface area contributed by atoms with E-state index in [-0.39, 0.29) is 17.3 Å². The van der Waals surface area contributed by atoms with E-state index in [4.69, 9.17) is 10.5 Å². The van der Waals surface area contributed by atoms with Crippen LogP contribution < -0.4 is 21.1 Å². The number of anilines is 3. The van der Waals surface area contributed by atoms with E-state index in [0.29, 0.717) is 16.8 Å². The first-order valence-corrected chi connectivity index (χ1v) is 9.78. The van der Waals surface area contributed by atoms with E-state index in [1.54, 1.807) is 43.5 Å². The second kappa shape index (κ2) is 8.77. The van der Waals surface area contributed by atoms with Crippen molar-refractivity contribution in [3.63, 3.8) is 0 Å². The maximum absolute atomic E-state index is 13.4. The summed E-state index contributed by atoms with van der Waals surface area (Å²) in [4.78, 5) is 25.1. The Kier molecular flexibility index (Phi) is 5.72. The van der Waals surface area contributed by atoms with E-state index in [1.807, 2.05) is 24.3 Å². The van der Waals surface area contributed by atoms with Gasteiger partial charge in [-0.15, -0.1) is 0 Å². The molecule has 4 aromatic rings. The average Bonchev–Trinajstić information content (AvgIpc) is 2.81. The molecule has 32 heavy (non-hydrogen) atoms. The molecule has 0 aromatic heterocycles. The topological polar surface area (TPSA) is 93.4 Å². The lowest BCUT2D eigenvalue weighted by Crippen LogP contribution is -2.14. The molecule has 7 heteroatoms. The van der Waals surface area contributed by atoms with Crippen molar-refractivity contribution in [3.8, 4) is 5.75 Å². The lowest BCUT2D eigenvalue weighted by Gasteiger charge is -2.10. The molecule has 6 nitrogen and oxygen atoms in total. The standard InChI is InChI=1S/C25H20FN3O3/c1-32-21-10-6-16-12-18(3-2-17(16)13-21)25(31)28-20-8-4-15(5-9-20)24(30)29-23-14-19(26)7-11-22(23)27/h2-14H,27H2,1H3,(H,28,31)(H,29,30). The van der Waals surface area contributed by atoms with E-state index < -0.39 is 11.7 Å². The zero-order valence-corrected chi connectivity index (χ0v) is 17.2. The Hall–Kier alpha value is -4.39. The molecule has 0 fully saturated rings. The Morgan fingerprint density at radius 1 is 0.781 bits per heavy atom. The van der Waals surface area contributed by atoms with E-state index >= 15 is 0 Å². The summed E-state index contributed by atoms with van der Waals surface area (Å²) in [6.45, 7) is 0. The normalized spacial score (nSPS) is 10.6. The molecule has 0 atom stereocenters. The third kappa shape index (κ3) is 4.52. The van der Waals surface area contributed by atoms with Crippen LogP contribution >= 0.6 is 0 Å². The predicted molar refractivity (Wildman–Crippen MR) is 124 cm³/mol. The Bertz CT molecular complexity index is 1320. The smallest absolute Gasteiger partial charge is 0.255 e. The van der Waals surface area contributed by atoms with Crippen molar-refractivity contribution in [1.82, 2.24) is 0 Å². The number of fused-ring (bicyclic) bond motifs is 1. The van der Waals surface area contributed by atoms with E-state index in [9.17, 15) is 14.0 Å². The fourth-order valence-electron chi connectivity index (χ4n) is 3.23. The number of hydrogen-bond acceptors (Lipinski definition) is 4. The second-order valence-electron chi connectivity index (χ2n) is 7.15. The molecule has 160 valence electrons. The Morgan fingerprint density at radius 2 is 1.44 bits per heavy atom. The van der Waals surface area contributed by atoms with Crippen molar-refractivity contribution in [1.29, 1.82) is 0 Å². The average molecular weight is 429 g/mol. The zero-order valence-electron chi connectivity index (χ0n) is 17.2. The van der Waals surface area contributed by atoms with Crippen LogP contribution in [0, 0.1) is 5.82 Å². The molecule has 2 amide bonds. The van der Waals surface area contributed by atoms with Crippen molar-refractivity contribution in [2.75, 3.05) is 23.5 Å². The minimum absolute atomic E-state index is 0.196. The van der Waals surface area contributed by atoms with Gasteiger partial charge in [0.25, 0.3) is 11.8 Å². The molecule has 0 heterocycles. The second-order valence-corrected chi connectivity index (χ2v) is 7.15. The number of halogens is 1. The summed E-state index contributed by atoms with van der Waals surface area (Å²) in [5.41, 5.74) is 7.60. The molecule has 0 saturated heterocycles. The van der Waals surface area contributed by atoms with Gasteiger partial charge in [-0.1, -0.05) is 12.1 Å². The highest BCUT2D eigenvalue weighted by molar-refractivity contribution is 6.08. The van der Waals surface area contributed by atoms with Gasteiger partial charge in [-0.25, -0.2) is 4.39 Å². The van der Waals surface area contributed by atoms with Gasteiger partial charge in [0, 0.05) is 16.8 Å². The number of methoxy groups -OCH3 is 1. The van der Waals surface area contributed by atoms with Crippen LogP contribution in [0.2, 0.25) is 0 Å². The number of amides is 2. The first kappa shape index (κ1) is 20.9. The number of ether oxygens (including phenoxy) is 1. The van der Waals surface area contributed by atoms with Crippen molar-refractivity contribution in [2.45, 2.75) is 0 Å². The largest absolute Gasteiger partial charge is 0.497 e. The predicted octanol–water partition coefficient (Wildman–Crippen LogP) is 5.07. The van der Waals surface area contributed by atoms with Crippen molar-refractivity contribution >= 4 is 39.6 Å². The van der Waals surface area contributed by atoms with Crippen LogP contribution in [0.3, 0.4) is 0 Å². The summed E-state index contributed by atoms with van der Waals surface area (Å²) in [5, 5.41) is 7.28. The minimum atomic E-state index is -0.500. The quantitative estimate of drug-likeness (QED) is 0.386. The highest BCUT2D eigenvalue weighted by atomic mass is 19.1. The first-order chi connectivity index (χ1) is 15.4. The zero-order chi connectivity index (χ0) is 22.7. The number of benzene rings is 4. The van der Waals surface area contributed by atoms with E-state index in [1.165, 1.54) is 12.1 Å². The number of carbonyl (C=O) groups excluding carboxylic acids is 2. The van der Waals surface area contributed by atoms with Gasteiger partial charge in [0.2, 0.25) is 0 Å². The van der Waals surface area contributed by atoms with Gasteiger partial charge in [-0.2, -0.15) is 0 Å². The minimum Gasteiger partial charge on any atom is -0.497 e. The number of nitrogens with two attached hydrogens (primary N) is 1. The van der Waals surface area contributed by atoms with Gasteiger partial charge in [0.15, 0.2) is 0 Å². The molecule has 0 bridgehead atoms. The van der Waals surface area contributed by atoms with Gasteiger partial charge >= 0.3 is 0 Å². The molecule has 4 rings (SSSR count). The molecule has 0 radical (unpaired) electrons. The number of nitrogens with one attached hydrogen (secondary N) is 2. The molecule has 4 N–H and O–H groups in total. The summed E-state index contributed by atoms with van der Waals surface area (Å²) >= 11 is 0. The highest BCUT2D eigenvalue weighted by Gasteiger charge is 2.11. The summed E-state index contributed by atoms with van der Waals surface area (Å²) in [6, 6.07) is 21.1. The molecule has 0 aliphatic carbocycles. The van der Waals surface area contributed by atoms with Crippen LogP contribution in [0.4, 0.5) is 21.5 Å². The fourth-order valence-corrected chi connectivity index (χ4v) is 3.23. The van der Waals surface area contributed by atoms with Crippen molar-refractivity contribution in [2.24, 2.45) is 0 Å². The SMILES string of the molecule is COc1ccc2cc(C(=O)Nc3ccc(C(=O)Nc4cc(F)ccc4N)cc3)ccc2c1. The van der Waals surface area contributed by atoms with Crippen molar-refractivity contribution in [3.05, 3.63) is 95.8 Å². The summed E-state index contributed by atoms with van der Waals surface area (Å²) in [5.74, 6) is -0.461. The molecule has 0 aliphatic heterocycles. The van der Waals surface area contributed by atoms with E-state index in [0.717, 1.165) is 22.6 Å². The number of nitrogen functional groups attached to an aromatic ring is 1. The van der Waals surface area contributed by atoms with Gasteiger partial charge in [-0.05, 0) is 77.5 Å². The monoisotopic (exact) mass is 429 g/mol. The van der Waals surface area contributed by atoms with Crippen LogP contribution in [0.1, 0.15) is 20.7 Å². The van der Waals surface area contributed by atoms with Crippen LogP contribution in [0.5, 0.6) is 5.75 Å². The number of carbonyl (C=O) groups is 2. The van der Waals surface area contributed by atoms with Crippen LogP contribution in [-0.4, -0.2) is 18.9 Å². The highest BCUT2D eigenvalue weighted by Crippen LogP contribution is 2.23. The fraction of sp³-hybridized carbons (Fsp3) is 0.0400. The van der Waals surface area contributed by atoms with E-state index in [2.05, 4.69) is 10.6 Å². The lowest BCUT2D eigenvalue weighted by atomic mass is 10.1. The third-order valence-corrected chi connectivity index (χ3v) is 4.98. The van der Waals surface area contributed by atoms with Crippen LogP contribution in [0.25, 0.3) is 10.8 Å². The lowest BCUT2D eigenvalue weighted by molar-refractivity contribution is 0.102. The maximum atomic E-state index is 13.4. The van der Waals surface area contributed by atoms with Crippen LogP contribution in [-0.2, 0) is 0 Å². The number of hydrogen-bond donors (Lipinski definition) is 3. The first-order valence-electron chi connectivity index (χ1n) is 9.78. The Morgan fingerprint density at radius 3 is 2.19 bits per heavy atom. The molecule has 0 aliphatic rings. The third-order valence-electron chi connectivity index (χ3n) is 4.98. The van der Waals surface area contributed by atoms with Gasteiger partial charge in [0.1, 0.15) is 11.6 Å². The molecular weight excluding hydrogens is 409 g/mol. The Labute approximate surface area is 183 Å². The molecular formula is C25H20FN3O3. The van der Waals surface area contributed by atoms with Crippen LogP contribution in [0.15, 0.2) is 78.9 Å². The van der Waals surface area contributed by atoms with Gasteiger partial charge < -0.3 is 21.1 Å². The summed E-state index contributed by atoms with van der Waals surface area (Å²) < 4.78 is 18.6. The molecule has 4 aromatic carbocycles. The van der Waals surface area contributed by atoms with Crippen molar-refractivity contribution < 1.29 is 18.7 Å².